The van der Waals surface area contributed by atoms with Gasteiger partial charge >= 0.3 is 0 Å². The first kappa shape index (κ1) is 7.31. The Morgan fingerprint density at radius 1 is 1.42 bits per heavy atom. The molecule has 0 saturated heterocycles. The summed E-state index contributed by atoms with van der Waals surface area (Å²) < 4.78 is 0. The molecule has 12 heavy (non-hydrogen) atoms. The second-order valence-electron chi connectivity index (χ2n) is 2.48. The van der Waals surface area contributed by atoms with Gasteiger partial charge in [-0.1, -0.05) is 0 Å². The van der Waals surface area contributed by atoms with Crippen molar-refractivity contribution in [1.82, 2.24) is 0 Å². The normalized spacial score (nSPS) is 18.3. The largest absolute Gasteiger partial charge is 0.404 e. The fraction of sp³-hybridized carbons (Fsp3) is 0. The van der Waals surface area contributed by atoms with E-state index >= 15 is 0 Å². The number of rotatable bonds is 0. The minimum atomic E-state index is 0.0243. The molecular weight excluding hydrogens is 170 g/mol. The number of Topliss-reactive ketones (excluding diaryl/α,β-unsaturated/α-hetero) is 1. The topological polar surface area (TPSA) is 43.1 Å². The lowest BCUT2D eigenvalue weighted by Crippen LogP contribution is -2.06. The standard InChI is InChI=1S/C9H7NOS/c10-5-6-1-2-8-7(9(6)11)3-4-12-8/h1-5H,10H2. The molecule has 0 aliphatic heterocycles. The maximum absolute atomic E-state index is 11.5. The molecular formula is C9H7NOS. The molecule has 0 radical (unpaired) electrons. The van der Waals surface area contributed by atoms with Crippen molar-refractivity contribution < 1.29 is 4.79 Å². The Kier molecular flexibility index (Phi) is 1.59. The Bertz CT molecular complexity index is 387. The highest BCUT2D eigenvalue weighted by atomic mass is 32.1. The third-order valence-corrected chi connectivity index (χ3v) is 2.68. The summed E-state index contributed by atoms with van der Waals surface area (Å²) in [4.78, 5) is 12.5. The lowest BCUT2D eigenvalue weighted by molar-refractivity contribution is 0.103. The summed E-state index contributed by atoms with van der Waals surface area (Å²) in [6.45, 7) is 0. The molecule has 3 heteroatoms. The van der Waals surface area contributed by atoms with Crippen LogP contribution in [0.15, 0.2) is 29.3 Å². The zero-order valence-corrected chi connectivity index (χ0v) is 7.10. The van der Waals surface area contributed by atoms with Gasteiger partial charge in [0.2, 0.25) is 0 Å². The first-order valence-electron chi connectivity index (χ1n) is 3.55. The number of nitrogens with two attached hydrogens (primary N) is 1. The molecule has 60 valence electrons. The molecule has 0 amide bonds. The highest BCUT2D eigenvalue weighted by Crippen LogP contribution is 2.26. The summed E-state index contributed by atoms with van der Waals surface area (Å²) in [6.07, 6.45) is 5.01. The number of thiophene rings is 1. The van der Waals surface area contributed by atoms with Crippen LogP contribution in [0.1, 0.15) is 15.2 Å². The smallest absolute Gasteiger partial charge is 0.195 e. The Hall–Kier alpha value is -1.35. The van der Waals surface area contributed by atoms with Crippen molar-refractivity contribution >= 4 is 23.2 Å². The predicted molar refractivity (Wildman–Crippen MR) is 50.0 cm³/mol. The Morgan fingerprint density at radius 2 is 2.25 bits per heavy atom. The van der Waals surface area contributed by atoms with Gasteiger partial charge in [-0.15, -0.1) is 11.3 Å². The first-order valence-corrected chi connectivity index (χ1v) is 4.43. The zero-order chi connectivity index (χ0) is 8.55. The minimum absolute atomic E-state index is 0.0243. The molecule has 0 atom stereocenters. The zero-order valence-electron chi connectivity index (χ0n) is 6.28. The molecule has 1 aromatic rings. The molecule has 2 nitrogen and oxygen atoms in total. The average molecular weight is 177 g/mol. The molecule has 0 unspecified atom stereocenters. The van der Waals surface area contributed by atoms with Gasteiger partial charge in [0.25, 0.3) is 0 Å². The second kappa shape index (κ2) is 2.60. The summed E-state index contributed by atoms with van der Waals surface area (Å²) in [5, 5.41) is 1.91. The molecule has 0 fully saturated rings. The van der Waals surface area contributed by atoms with E-state index in [1.807, 2.05) is 17.5 Å². The van der Waals surface area contributed by atoms with Crippen LogP contribution in [0, 0.1) is 0 Å². The van der Waals surface area contributed by atoms with Crippen LogP contribution in [-0.2, 0) is 0 Å². The van der Waals surface area contributed by atoms with Gasteiger partial charge in [0.15, 0.2) is 5.78 Å². The van der Waals surface area contributed by atoms with Gasteiger partial charge in [-0.3, -0.25) is 4.79 Å². The van der Waals surface area contributed by atoms with Crippen LogP contribution in [0.3, 0.4) is 0 Å². The quantitative estimate of drug-likeness (QED) is 0.614. The summed E-state index contributed by atoms with van der Waals surface area (Å²) in [5.41, 5.74) is 6.62. The summed E-state index contributed by atoms with van der Waals surface area (Å²) in [7, 11) is 0. The van der Waals surface area contributed by atoms with E-state index < -0.39 is 0 Å². The number of fused-ring (bicyclic) bond motifs is 1. The van der Waals surface area contributed by atoms with Crippen LogP contribution >= 0.6 is 11.3 Å². The number of carbonyl (C=O) groups excluding carboxylic acids is 1. The van der Waals surface area contributed by atoms with Gasteiger partial charge in [-0.25, -0.2) is 0 Å². The summed E-state index contributed by atoms with van der Waals surface area (Å²) in [5.74, 6) is 0.0243. The number of ketones is 1. The number of carbonyl (C=O) groups is 1. The lowest BCUT2D eigenvalue weighted by Gasteiger charge is -2.05. The van der Waals surface area contributed by atoms with Crippen molar-refractivity contribution in [3.05, 3.63) is 39.7 Å². The molecule has 1 heterocycles. The monoisotopic (exact) mass is 177 g/mol. The van der Waals surface area contributed by atoms with Gasteiger partial charge in [-0.2, -0.15) is 0 Å². The van der Waals surface area contributed by atoms with E-state index in [1.165, 1.54) is 6.20 Å². The Morgan fingerprint density at radius 3 is 3.00 bits per heavy atom. The summed E-state index contributed by atoms with van der Waals surface area (Å²) >= 11 is 1.57. The molecule has 0 aromatic carbocycles. The second-order valence-corrected chi connectivity index (χ2v) is 3.43. The maximum atomic E-state index is 11.5. The van der Waals surface area contributed by atoms with E-state index in [1.54, 1.807) is 17.4 Å². The highest BCUT2D eigenvalue weighted by Gasteiger charge is 2.17. The van der Waals surface area contributed by atoms with Gasteiger partial charge in [0.1, 0.15) is 0 Å². The molecule has 0 spiro atoms. The SMILES string of the molecule is NC=C1C=Cc2sccc2C1=O. The van der Waals surface area contributed by atoms with Crippen molar-refractivity contribution in [2.45, 2.75) is 0 Å². The summed E-state index contributed by atoms with van der Waals surface area (Å²) in [6, 6.07) is 1.83. The predicted octanol–water partition coefficient (Wildman–Crippen LogP) is 1.80. The van der Waals surface area contributed by atoms with Crippen LogP contribution in [0.2, 0.25) is 0 Å². The van der Waals surface area contributed by atoms with Gasteiger partial charge < -0.3 is 5.73 Å². The van der Waals surface area contributed by atoms with Gasteiger partial charge in [0.05, 0.1) is 0 Å². The van der Waals surface area contributed by atoms with E-state index in [2.05, 4.69) is 0 Å². The maximum Gasteiger partial charge on any atom is 0.195 e. The lowest BCUT2D eigenvalue weighted by atomic mass is 10.00. The van der Waals surface area contributed by atoms with Crippen LogP contribution in [-0.4, -0.2) is 5.78 Å². The van der Waals surface area contributed by atoms with Crippen LogP contribution in [0.4, 0.5) is 0 Å². The highest BCUT2D eigenvalue weighted by molar-refractivity contribution is 7.11. The van der Waals surface area contributed by atoms with Crippen molar-refractivity contribution in [3.63, 3.8) is 0 Å². The molecule has 0 saturated carbocycles. The third kappa shape index (κ3) is 0.905. The van der Waals surface area contributed by atoms with Crippen LogP contribution in [0.5, 0.6) is 0 Å². The van der Waals surface area contributed by atoms with E-state index in [0.29, 0.717) is 5.57 Å². The Balaban J connectivity index is 2.59. The molecule has 1 aliphatic rings. The number of allylic oxidation sites excluding steroid dienone is 2. The molecule has 2 rings (SSSR count). The van der Waals surface area contributed by atoms with E-state index in [9.17, 15) is 4.79 Å². The Labute approximate surface area is 74.0 Å². The van der Waals surface area contributed by atoms with Gasteiger partial charge in [-0.05, 0) is 23.6 Å². The molecule has 0 bridgehead atoms. The van der Waals surface area contributed by atoms with Crippen LogP contribution < -0.4 is 5.73 Å². The molecule has 1 aliphatic carbocycles. The van der Waals surface area contributed by atoms with E-state index in [4.69, 9.17) is 5.73 Å². The fourth-order valence-corrected chi connectivity index (χ4v) is 1.95. The van der Waals surface area contributed by atoms with Crippen molar-refractivity contribution in [2.24, 2.45) is 5.73 Å². The number of hydrogen-bond donors (Lipinski definition) is 1. The van der Waals surface area contributed by atoms with Crippen molar-refractivity contribution in [3.8, 4) is 0 Å². The average Bonchev–Trinajstić information content (AvgIpc) is 2.53. The van der Waals surface area contributed by atoms with Crippen molar-refractivity contribution in [2.75, 3.05) is 0 Å². The number of hydrogen-bond acceptors (Lipinski definition) is 3. The minimum Gasteiger partial charge on any atom is -0.404 e. The van der Waals surface area contributed by atoms with Crippen LogP contribution in [0.25, 0.3) is 6.08 Å². The van der Waals surface area contributed by atoms with Crippen molar-refractivity contribution in [1.29, 1.82) is 0 Å². The van der Waals surface area contributed by atoms with Gasteiger partial charge in [0, 0.05) is 22.2 Å². The van der Waals surface area contributed by atoms with E-state index in [0.717, 1.165) is 10.4 Å². The molecule has 2 N–H and O–H groups in total. The fourth-order valence-electron chi connectivity index (χ4n) is 1.17. The first-order chi connectivity index (χ1) is 5.83. The molecule has 1 aromatic heterocycles. The third-order valence-electron chi connectivity index (χ3n) is 1.80. The van der Waals surface area contributed by atoms with E-state index in [-0.39, 0.29) is 5.78 Å².